The molecule has 0 N–H and O–H groups in total. The number of aromatic nitrogens is 2. The van der Waals surface area contributed by atoms with Crippen LogP contribution in [0.3, 0.4) is 0 Å². The summed E-state index contributed by atoms with van der Waals surface area (Å²) in [4.78, 5) is 31.9. The van der Waals surface area contributed by atoms with E-state index in [0.29, 0.717) is 43.7 Å². The van der Waals surface area contributed by atoms with Crippen LogP contribution in [-0.4, -0.2) is 84.1 Å². The maximum absolute atomic E-state index is 14.3. The Bertz CT molecular complexity index is 1670. The van der Waals surface area contributed by atoms with Gasteiger partial charge in [0.2, 0.25) is 12.5 Å². The van der Waals surface area contributed by atoms with E-state index in [2.05, 4.69) is 28.3 Å². The number of ether oxygens (including phenoxy) is 1. The normalized spacial score (nSPS) is 19.5. The number of carbonyl (C=O) groups excluding carboxylic acids is 1. The Morgan fingerprint density at radius 2 is 2.10 bits per heavy atom. The van der Waals surface area contributed by atoms with Crippen molar-refractivity contribution in [3.05, 3.63) is 71.7 Å². The number of rotatable bonds is 7. The van der Waals surface area contributed by atoms with Crippen molar-refractivity contribution in [1.82, 2.24) is 19.8 Å². The van der Waals surface area contributed by atoms with Gasteiger partial charge in [-0.1, -0.05) is 30.8 Å². The summed E-state index contributed by atoms with van der Waals surface area (Å²) < 4.78 is 21.4. The quantitative estimate of drug-likeness (QED) is 0.224. The Balaban J connectivity index is 1.40. The molecule has 2 saturated heterocycles. The summed E-state index contributed by atoms with van der Waals surface area (Å²) in [6, 6.07) is 12.0. The smallest absolute Gasteiger partial charge is 0.319 e. The zero-order chi connectivity index (χ0) is 28.5. The molecular formula is C31H31FN6O2S. The third-order valence-electron chi connectivity index (χ3n) is 8.14. The summed E-state index contributed by atoms with van der Waals surface area (Å²) in [5.74, 6) is 0.338. The summed E-state index contributed by atoms with van der Waals surface area (Å²) in [6.45, 7) is 14.3. The molecule has 2 aliphatic heterocycles. The van der Waals surface area contributed by atoms with Crippen molar-refractivity contribution >= 4 is 44.1 Å². The molecule has 0 unspecified atom stereocenters. The van der Waals surface area contributed by atoms with Crippen molar-refractivity contribution in [3.63, 3.8) is 0 Å². The second-order valence-electron chi connectivity index (χ2n) is 10.6. The van der Waals surface area contributed by atoms with Crippen LogP contribution in [0.15, 0.2) is 54.4 Å². The highest BCUT2D eigenvalue weighted by atomic mass is 32.1. The molecule has 0 saturated carbocycles. The number of benzene rings is 2. The van der Waals surface area contributed by atoms with Crippen LogP contribution < -0.4 is 9.64 Å². The maximum Gasteiger partial charge on any atom is 0.319 e. The zero-order valence-corrected chi connectivity index (χ0v) is 23.7. The van der Waals surface area contributed by atoms with Crippen LogP contribution in [0.25, 0.3) is 37.0 Å². The van der Waals surface area contributed by atoms with Crippen molar-refractivity contribution in [2.45, 2.75) is 24.9 Å². The molecule has 0 bridgehead atoms. The van der Waals surface area contributed by atoms with Gasteiger partial charge in [0.15, 0.2) is 0 Å². The molecule has 210 valence electrons. The lowest BCUT2D eigenvalue weighted by Gasteiger charge is -2.39. The highest BCUT2D eigenvalue weighted by Gasteiger charge is 2.33. The number of nitrogens with zero attached hydrogens (tertiary/aromatic N) is 6. The standard InChI is InChI=1S/C31H31FN6O2S/c1-4-28(39)38-14-13-37(17-22(38)16-33-2)30-25-11-10-20(23-8-5-9-24-26(32)19-41-29(23)24)15-27(25)34-31(35-30)40-18-21-7-6-12-36(21)3/h4-5,8-11,15,19,21-22H,1,6-7,12-14,16-18H2,3H3/t21-,22-/m0/s1. The summed E-state index contributed by atoms with van der Waals surface area (Å²) in [5, 5.41) is 3.00. The Hall–Kier alpha value is -4.07. The molecule has 2 atom stereocenters. The minimum atomic E-state index is -0.279. The van der Waals surface area contributed by atoms with Gasteiger partial charge < -0.3 is 24.3 Å². The average Bonchev–Trinajstić information content (AvgIpc) is 3.59. The highest BCUT2D eigenvalue weighted by molar-refractivity contribution is 7.17. The fraction of sp³-hybridized carbons (Fsp3) is 0.355. The van der Waals surface area contributed by atoms with Gasteiger partial charge in [-0.25, -0.2) is 11.0 Å². The first-order valence-electron chi connectivity index (χ1n) is 13.8. The van der Waals surface area contributed by atoms with E-state index in [4.69, 9.17) is 21.3 Å². The van der Waals surface area contributed by atoms with E-state index in [9.17, 15) is 9.18 Å². The Morgan fingerprint density at radius 3 is 2.88 bits per heavy atom. The molecule has 0 spiro atoms. The number of likely N-dealkylation sites (N-methyl/N-ethyl adjacent to an activating group) is 1. The van der Waals surface area contributed by atoms with E-state index in [1.807, 2.05) is 30.3 Å². The van der Waals surface area contributed by atoms with Gasteiger partial charge in [0, 0.05) is 46.5 Å². The van der Waals surface area contributed by atoms with Crippen LogP contribution in [0.2, 0.25) is 0 Å². The van der Waals surface area contributed by atoms with Crippen molar-refractivity contribution in [1.29, 1.82) is 0 Å². The Labute approximate surface area is 242 Å². The van der Waals surface area contributed by atoms with Crippen molar-refractivity contribution in [3.8, 4) is 17.1 Å². The number of likely N-dealkylation sites (tertiary alicyclic amines) is 1. The summed E-state index contributed by atoms with van der Waals surface area (Å²) >= 11 is 1.39. The Morgan fingerprint density at radius 1 is 1.22 bits per heavy atom. The van der Waals surface area contributed by atoms with E-state index in [1.54, 1.807) is 11.0 Å². The van der Waals surface area contributed by atoms with Crippen LogP contribution in [-0.2, 0) is 4.79 Å². The SMILES string of the molecule is [C-]#[N+]C[C@H]1CN(c2nc(OC[C@@H]3CCCN3C)nc3cc(-c4cccc5c(F)csc45)ccc23)CCN1C(=O)C=C. The molecule has 0 radical (unpaired) electrons. The molecular weight excluding hydrogens is 539 g/mol. The van der Waals surface area contributed by atoms with Crippen LogP contribution in [0.5, 0.6) is 6.01 Å². The lowest BCUT2D eigenvalue weighted by molar-refractivity contribution is -0.128. The van der Waals surface area contributed by atoms with Crippen LogP contribution >= 0.6 is 11.3 Å². The molecule has 4 aromatic rings. The molecule has 2 aliphatic rings. The van der Waals surface area contributed by atoms with E-state index in [1.165, 1.54) is 22.8 Å². The second-order valence-corrected chi connectivity index (χ2v) is 11.5. The Kier molecular flexibility index (Phi) is 7.56. The number of thiophene rings is 1. The number of piperazine rings is 1. The number of hydrogen-bond acceptors (Lipinski definition) is 7. The fourth-order valence-corrected chi connectivity index (χ4v) is 6.85. The fourth-order valence-electron chi connectivity index (χ4n) is 5.90. The van der Waals surface area contributed by atoms with E-state index in [0.717, 1.165) is 51.9 Å². The lowest BCUT2D eigenvalue weighted by atomic mass is 10.0. The van der Waals surface area contributed by atoms with Gasteiger partial charge in [-0.2, -0.15) is 9.97 Å². The van der Waals surface area contributed by atoms with Gasteiger partial charge in [-0.3, -0.25) is 4.79 Å². The van der Waals surface area contributed by atoms with Gasteiger partial charge in [0.05, 0.1) is 5.52 Å². The largest absolute Gasteiger partial charge is 0.462 e. The third-order valence-corrected chi connectivity index (χ3v) is 9.14. The van der Waals surface area contributed by atoms with E-state index >= 15 is 0 Å². The predicted molar refractivity (Wildman–Crippen MR) is 161 cm³/mol. The zero-order valence-electron chi connectivity index (χ0n) is 22.9. The maximum atomic E-state index is 14.3. The lowest BCUT2D eigenvalue weighted by Crippen LogP contribution is -2.56. The molecule has 0 aliphatic carbocycles. The predicted octanol–water partition coefficient (Wildman–Crippen LogP) is 5.25. The molecule has 2 fully saturated rings. The molecule has 2 aromatic carbocycles. The summed E-state index contributed by atoms with van der Waals surface area (Å²) in [5.41, 5.74) is 2.60. The van der Waals surface area contributed by atoms with Gasteiger partial charge in [0.1, 0.15) is 24.3 Å². The number of hydrogen-bond donors (Lipinski definition) is 0. The first-order valence-corrected chi connectivity index (χ1v) is 14.7. The van der Waals surface area contributed by atoms with Crippen molar-refractivity contribution in [2.24, 2.45) is 0 Å². The summed E-state index contributed by atoms with van der Waals surface area (Å²) in [7, 11) is 2.11. The molecule has 4 heterocycles. The van der Waals surface area contributed by atoms with Crippen LogP contribution in [0.4, 0.5) is 10.2 Å². The number of carbonyl (C=O) groups is 1. The van der Waals surface area contributed by atoms with Gasteiger partial charge >= 0.3 is 6.01 Å². The first kappa shape index (κ1) is 27.1. The molecule has 8 nitrogen and oxygen atoms in total. The van der Waals surface area contributed by atoms with Crippen LogP contribution in [0.1, 0.15) is 12.8 Å². The van der Waals surface area contributed by atoms with Gasteiger partial charge in [0.25, 0.3) is 0 Å². The van der Waals surface area contributed by atoms with E-state index in [-0.39, 0.29) is 24.3 Å². The molecule has 2 aromatic heterocycles. The van der Waals surface area contributed by atoms with Crippen molar-refractivity contribution < 1.29 is 13.9 Å². The average molecular weight is 571 g/mol. The molecule has 41 heavy (non-hydrogen) atoms. The monoisotopic (exact) mass is 570 g/mol. The topological polar surface area (TPSA) is 66.2 Å². The molecule has 1 amide bonds. The number of amides is 1. The van der Waals surface area contributed by atoms with Crippen molar-refractivity contribution in [2.75, 3.05) is 51.3 Å². The number of fused-ring (bicyclic) bond motifs is 2. The second kappa shape index (κ2) is 11.4. The minimum absolute atomic E-state index is 0.167. The van der Waals surface area contributed by atoms with Gasteiger partial charge in [-0.05, 0) is 55.8 Å². The number of halogens is 1. The van der Waals surface area contributed by atoms with E-state index < -0.39 is 0 Å². The first-order chi connectivity index (χ1) is 20.0. The minimum Gasteiger partial charge on any atom is -0.462 e. The molecule has 6 rings (SSSR count). The molecule has 10 heteroatoms. The highest BCUT2D eigenvalue weighted by Crippen LogP contribution is 2.37. The van der Waals surface area contributed by atoms with Crippen LogP contribution in [0, 0.1) is 12.4 Å². The van der Waals surface area contributed by atoms with Gasteiger partial charge in [-0.15, -0.1) is 11.3 Å². The third kappa shape index (κ3) is 5.23. The number of anilines is 1. The summed E-state index contributed by atoms with van der Waals surface area (Å²) in [6.07, 6.45) is 3.52.